The summed E-state index contributed by atoms with van der Waals surface area (Å²) in [5, 5.41) is 0. The summed E-state index contributed by atoms with van der Waals surface area (Å²) in [5.74, 6) is -0.246. The van der Waals surface area contributed by atoms with E-state index in [0.29, 0.717) is 6.42 Å². The minimum absolute atomic E-state index is 0.154. The van der Waals surface area contributed by atoms with Crippen molar-refractivity contribution in [2.24, 2.45) is 11.8 Å². The first-order valence-corrected chi connectivity index (χ1v) is 20.0. The molecule has 0 aliphatic carbocycles. The van der Waals surface area contributed by atoms with Crippen LogP contribution in [-0.2, 0) is 19.1 Å². The van der Waals surface area contributed by atoms with Gasteiger partial charge in [0.1, 0.15) is 12.2 Å². The van der Waals surface area contributed by atoms with Gasteiger partial charge >= 0.3 is 11.9 Å². The third-order valence-corrected chi connectivity index (χ3v) is 9.57. The summed E-state index contributed by atoms with van der Waals surface area (Å²) in [6.07, 6.45) is 40.2. The van der Waals surface area contributed by atoms with Crippen LogP contribution < -0.4 is 0 Å². The molecule has 0 fully saturated rings. The van der Waals surface area contributed by atoms with Crippen LogP contribution in [0.3, 0.4) is 0 Å². The van der Waals surface area contributed by atoms with E-state index in [-0.39, 0.29) is 23.8 Å². The van der Waals surface area contributed by atoms with E-state index < -0.39 is 12.2 Å². The summed E-state index contributed by atoms with van der Waals surface area (Å²) in [7, 11) is 0. The van der Waals surface area contributed by atoms with E-state index in [4.69, 9.17) is 9.47 Å². The highest BCUT2D eigenvalue weighted by Crippen LogP contribution is 2.22. The highest BCUT2D eigenvalue weighted by Gasteiger charge is 2.26. The number of allylic oxidation sites excluding steroid dienone is 4. The minimum atomic E-state index is -0.441. The molecular formula is C42H78O4. The summed E-state index contributed by atoms with van der Waals surface area (Å²) in [6, 6.07) is 0. The Morgan fingerprint density at radius 1 is 0.478 bits per heavy atom. The maximum Gasteiger partial charge on any atom is 0.309 e. The number of unbranched alkanes of at least 4 members (excludes halogenated alkanes) is 20. The van der Waals surface area contributed by atoms with Gasteiger partial charge in [0.05, 0.1) is 5.92 Å². The molecule has 0 rings (SSSR count). The Bertz CT molecular complexity index is 742. The summed E-state index contributed by atoms with van der Waals surface area (Å²) < 4.78 is 11.3. The maximum absolute atomic E-state index is 12.8. The second kappa shape index (κ2) is 33.3. The van der Waals surface area contributed by atoms with Gasteiger partial charge in [0, 0.05) is 6.42 Å². The molecule has 270 valence electrons. The first-order chi connectivity index (χ1) is 22.3. The van der Waals surface area contributed by atoms with Gasteiger partial charge in [-0.15, -0.1) is 0 Å². The van der Waals surface area contributed by atoms with Crippen LogP contribution >= 0.6 is 0 Å². The molecule has 4 atom stereocenters. The van der Waals surface area contributed by atoms with Crippen molar-refractivity contribution in [2.75, 3.05) is 0 Å². The maximum atomic E-state index is 12.8. The minimum Gasteiger partial charge on any atom is -0.459 e. The molecule has 0 aromatic carbocycles. The van der Waals surface area contributed by atoms with Crippen LogP contribution in [0.4, 0.5) is 0 Å². The van der Waals surface area contributed by atoms with Gasteiger partial charge in [-0.1, -0.05) is 148 Å². The lowest BCUT2D eigenvalue weighted by Crippen LogP contribution is -2.33. The van der Waals surface area contributed by atoms with Crippen molar-refractivity contribution in [3.8, 4) is 0 Å². The summed E-state index contributed by atoms with van der Waals surface area (Å²) in [5.41, 5.74) is 0. The molecule has 0 spiro atoms. The second-order valence-electron chi connectivity index (χ2n) is 14.1. The Morgan fingerprint density at radius 3 is 1.30 bits per heavy atom. The van der Waals surface area contributed by atoms with Crippen LogP contribution in [0, 0.1) is 11.8 Å². The van der Waals surface area contributed by atoms with E-state index in [2.05, 4.69) is 45.1 Å². The first kappa shape index (κ1) is 44.4. The van der Waals surface area contributed by atoms with E-state index in [1.807, 2.05) is 20.8 Å². The lowest BCUT2D eigenvalue weighted by atomic mass is 9.90. The fraction of sp³-hybridized carbons (Fsp3) is 0.857. The number of carbonyl (C=O) groups excluding carboxylic acids is 2. The van der Waals surface area contributed by atoms with Crippen LogP contribution in [0.1, 0.15) is 208 Å². The number of carbonyl (C=O) groups is 2. The number of hydrogen-bond donors (Lipinski definition) is 0. The predicted molar refractivity (Wildman–Crippen MR) is 199 cm³/mol. The van der Waals surface area contributed by atoms with Crippen molar-refractivity contribution < 1.29 is 19.1 Å². The zero-order valence-electron chi connectivity index (χ0n) is 31.6. The van der Waals surface area contributed by atoms with Crippen molar-refractivity contribution >= 4 is 11.9 Å². The number of esters is 2. The summed E-state index contributed by atoms with van der Waals surface area (Å²) >= 11 is 0. The van der Waals surface area contributed by atoms with Gasteiger partial charge in [0.25, 0.3) is 0 Å². The van der Waals surface area contributed by atoms with Crippen LogP contribution in [0.15, 0.2) is 24.3 Å². The van der Waals surface area contributed by atoms with Crippen molar-refractivity contribution in [1.29, 1.82) is 0 Å². The Labute approximate surface area is 287 Å². The Balaban J connectivity index is 3.84. The van der Waals surface area contributed by atoms with Gasteiger partial charge in [-0.3, -0.25) is 9.59 Å². The molecule has 0 radical (unpaired) electrons. The zero-order valence-corrected chi connectivity index (χ0v) is 31.6. The molecule has 4 heteroatoms. The quantitative estimate of drug-likeness (QED) is 0.0404. The molecule has 4 nitrogen and oxygen atoms in total. The van der Waals surface area contributed by atoms with Crippen LogP contribution in [0.5, 0.6) is 0 Å². The lowest BCUT2D eigenvalue weighted by Gasteiger charge is -2.24. The first-order valence-electron chi connectivity index (χ1n) is 20.0. The second-order valence-corrected chi connectivity index (χ2v) is 14.1. The number of rotatable bonds is 33. The molecule has 0 aromatic heterocycles. The van der Waals surface area contributed by atoms with E-state index >= 15 is 0 Å². The van der Waals surface area contributed by atoms with Gasteiger partial charge < -0.3 is 9.47 Å². The molecule has 4 unspecified atom stereocenters. The fourth-order valence-electron chi connectivity index (χ4n) is 5.75. The normalized spacial score (nSPS) is 14.5. The van der Waals surface area contributed by atoms with E-state index in [1.165, 1.54) is 122 Å². The van der Waals surface area contributed by atoms with Crippen molar-refractivity contribution in [3.05, 3.63) is 24.3 Å². The Morgan fingerprint density at radius 2 is 0.848 bits per heavy atom. The molecule has 46 heavy (non-hydrogen) atoms. The van der Waals surface area contributed by atoms with Gasteiger partial charge in [-0.2, -0.15) is 0 Å². The van der Waals surface area contributed by atoms with Gasteiger partial charge in [0.2, 0.25) is 0 Å². The fourth-order valence-corrected chi connectivity index (χ4v) is 5.75. The van der Waals surface area contributed by atoms with Gasteiger partial charge in [0.15, 0.2) is 0 Å². The molecule has 0 bridgehead atoms. The highest BCUT2D eigenvalue weighted by atomic mass is 16.6. The topological polar surface area (TPSA) is 52.6 Å². The summed E-state index contributed by atoms with van der Waals surface area (Å²) in [6.45, 7) is 12.3. The summed E-state index contributed by atoms with van der Waals surface area (Å²) in [4.78, 5) is 25.1. The highest BCUT2D eigenvalue weighted by molar-refractivity contribution is 5.72. The SMILES string of the molecule is CCCCCCCC/C=C\CCCCCCCC(=O)OC(C)C(C)OC(=O)C(C)C(C)CCCCC/C=C\CCCCCCCC. The average molecular weight is 647 g/mol. The van der Waals surface area contributed by atoms with Crippen molar-refractivity contribution in [1.82, 2.24) is 0 Å². The predicted octanol–water partition coefficient (Wildman–Crippen LogP) is 13.4. The molecule has 0 aliphatic rings. The Hall–Kier alpha value is -1.58. The molecule has 0 saturated carbocycles. The van der Waals surface area contributed by atoms with Crippen LogP contribution in [0.25, 0.3) is 0 Å². The Kier molecular flexibility index (Phi) is 32.2. The van der Waals surface area contributed by atoms with Crippen molar-refractivity contribution in [3.63, 3.8) is 0 Å². The van der Waals surface area contributed by atoms with E-state index in [0.717, 1.165) is 38.5 Å². The molecule has 0 aromatic rings. The van der Waals surface area contributed by atoms with E-state index in [1.54, 1.807) is 0 Å². The molecule has 0 N–H and O–H groups in total. The van der Waals surface area contributed by atoms with Crippen LogP contribution in [-0.4, -0.2) is 24.1 Å². The molecular weight excluding hydrogens is 568 g/mol. The molecule has 0 heterocycles. The molecule has 0 aliphatic heterocycles. The number of hydrogen-bond acceptors (Lipinski definition) is 4. The van der Waals surface area contributed by atoms with Gasteiger partial charge in [-0.25, -0.2) is 0 Å². The molecule has 0 saturated heterocycles. The zero-order chi connectivity index (χ0) is 34.1. The molecule has 0 amide bonds. The largest absolute Gasteiger partial charge is 0.459 e. The lowest BCUT2D eigenvalue weighted by molar-refractivity contribution is -0.169. The third kappa shape index (κ3) is 28.6. The van der Waals surface area contributed by atoms with Gasteiger partial charge in [-0.05, 0) is 84.0 Å². The third-order valence-electron chi connectivity index (χ3n) is 9.57. The number of ether oxygens (including phenoxy) is 2. The monoisotopic (exact) mass is 647 g/mol. The van der Waals surface area contributed by atoms with Crippen LogP contribution in [0.2, 0.25) is 0 Å². The smallest absolute Gasteiger partial charge is 0.309 e. The van der Waals surface area contributed by atoms with Crippen molar-refractivity contribution in [2.45, 2.75) is 221 Å². The van der Waals surface area contributed by atoms with E-state index in [9.17, 15) is 9.59 Å². The average Bonchev–Trinajstić information content (AvgIpc) is 3.04. The standard InChI is InChI=1S/C42H78O4/c1-7-9-11-13-15-17-19-21-22-24-26-28-30-32-34-36-41(43)45-39(5)40(6)46-42(44)38(4)37(3)35-33-31-29-27-25-23-20-18-16-14-12-10-8-2/h21-23,25,37-40H,7-20,24,26-36H2,1-6H3/b22-21-,25-23-.